The summed E-state index contributed by atoms with van der Waals surface area (Å²) in [4.78, 5) is 15.0. The van der Waals surface area contributed by atoms with Crippen LogP contribution in [0.4, 0.5) is 0 Å². The summed E-state index contributed by atoms with van der Waals surface area (Å²) in [5, 5.41) is 1.08. The molecule has 0 saturated carbocycles. The summed E-state index contributed by atoms with van der Waals surface area (Å²) in [6.45, 7) is 6.10. The van der Waals surface area contributed by atoms with E-state index in [4.69, 9.17) is 0 Å². The van der Waals surface area contributed by atoms with Crippen molar-refractivity contribution >= 4 is 44.9 Å². The number of thioether (sulfide) groups is 1. The largest absolute Gasteiger partial charge is 0.336 e. The SMILES string of the molecule is CC1CN(C(=O)c2ccc(Br)s2)CC(C)S1. The standard InChI is InChI=1S/C11H14BrNOS2/c1-7-5-13(6-8(2)15-7)11(14)9-3-4-10(12)16-9/h3-4,7-8H,5-6H2,1-2H3. The minimum atomic E-state index is 0.176. The highest BCUT2D eigenvalue weighted by molar-refractivity contribution is 9.11. The van der Waals surface area contributed by atoms with Gasteiger partial charge in [0.05, 0.1) is 8.66 Å². The van der Waals surface area contributed by atoms with Crippen molar-refractivity contribution in [3.8, 4) is 0 Å². The minimum Gasteiger partial charge on any atom is -0.336 e. The van der Waals surface area contributed by atoms with E-state index < -0.39 is 0 Å². The van der Waals surface area contributed by atoms with Crippen LogP contribution in [-0.4, -0.2) is 34.4 Å². The average molecular weight is 320 g/mol. The lowest BCUT2D eigenvalue weighted by atomic mass is 10.3. The highest BCUT2D eigenvalue weighted by Crippen LogP contribution is 2.28. The first-order chi connectivity index (χ1) is 7.56. The van der Waals surface area contributed by atoms with Gasteiger partial charge < -0.3 is 4.90 Å². The van der Waals surface area contributed by atoms with Gasteiger partial charge in [-0.1, -0.05) is 13.8 Å². The number of carbonyl (C=O) groups is 1. The molecule has 1 aromatic rings. The maximum atomic E-state index is 12.2. The Balaban J connectivity index is 2.09. The normalized spacial score (nSPS) is 25.8. The molecule has 1 aromatic heterocycles. The Morgan fingerprint density at radius 1 is 1.38 bits per heavy atom. The molecule has 1 saturated heterocycles. The van der Waals surface area contributed by atoms with Crippen molar-refractivity contribution in [1.29, 1.82) is 0 Å². The molecule has 2 heterocycles. The summed E-state index contributed by atoms with van der Waals surface area (Å²) in [6, 6.07) is 3.83. The number of rotatable bonds is 1. The van der Waals surface area contributed by atoms with Gasteiger partial charge in [-0.05, 0) is 28.1 Å². The number of thiophene rings is 1. The van der Waals surface area contributed by atoms with Gasteiger partial charge in [0.25, 0.3) is 5.91 Å². The topological polar surface area (TPSA) is 20.3 Å². The molecular formula is C11H14BrNOS2. The number of hydrogen-bond acceptors (Lipinski definition) is 3. The van der Waals surface area contributed by atoms with Gasteiger partial charge in [0.2, 0.25) is 0 Å². The van der Waals surface area contributed by atoms with Gasteiger partial charge in [0.15, 0.2) is 0 Å². The Morgan fingerprint density at radius 3 is 2.50 bits per heavy atom. The summed E-state index contributed by atoms with van der Waals surface area (Å²) in [5.41, 5.74) is 0. The Hall–Kier alpha value is -0.000000000000000111. The predicted molar refractivity (Wildman–Crippen MR) is 74.4 cm³/mol. The quantitative estimate of drug-likeness (QED) is 0.790. The van der Waals surface area contributed by atoms with Crippen LogP contribution in [0.1, 0.15) is 23.5 Å². The van der Waals surface area contributed by atoms with E-state index >= 15 is 0 Å². The van der Waals surface area contributed by atoms with Crippen molar-refractivity contribution in [2.24, 2.45) is 0 Å². The molecule has 0 spiro atoms. The third kappa shape index (κ3) is 2.81. The van der Waals surface area contributed by atoms with Crippen molar-refractivity contribution in [3.63, 3.8) is 0 Å². The van der Waals surface area contributed by atoms with Crippen molar-refractivity contribution in [1.82, 2.24) is 4.90 Å². The molecule has 0 radical (unpaired) electrons. The molecule has 1 amide bonds. The van der Waals surface area contributed by atoms with Crippen LogP contribution in [0.25, 0.3) is 0 Å². The number of amides is 1. The molecule has 1 fully saturated rings. The maximum Gasteiger partial charge on any atom is 0.264 e. The number of carbonyl (C=O) groups excluding carboxylic acids is 1. The molecule has 88 valence electrons. The first-order valence-corrected chi connectivity index (χ1v) is 7.81. The van der Waals surface area contributed by atoms with Gasteiger partial charge in [-0.3, -0.25) is 4.79 Å². The molecule has 0 N–H and O–H groups in total. The molecule has 2 rings (SSSR count). The molecule has 2 unspecified atom stereocenters. The fourth-order valence-electron chi connectivity index (χ4n) is 1.93. The van der Waals surface area contributed by atoms with Crippen LogP contribution < -0.4 is 0 Å². The first kappa shape index (κ1) is 12.5. The van der Waals surface area contributed by atoms with Crippen LogP contribution >= 0.6 is 39.0 Å². The van der Waals surface area contributed by atoms with Gasteiger partial charge in [0.1, 0.15) is 0 Å². The van der Waals surface area contributed by atoms with E-state index in [1.54, 1.807) is 0 Å². The van der Waals surface area contributed by atoms with Crippen molar-refractivity contribution in [2.45, 2.75) is 24.3 Å². The zero-order valence-corrected chi connectivity index (χ0v) is 12.5. The maximum absolute atomic E-state index is 12.2. The summed E-state index contributed by atoms with van der Waals surface area (Å²) in [6.07, 6.45) is 0. The van der Waals surface area contributed by atoms with Crippen LogP contribution in [0.5, 0.6) is 0 Å². The molecule has 5 heteroatoms. The summed E-state index contributed by atoms with van der Waals surface area (Å²) >= 11 is 6.87. The lowest BCUT2D eigenvalue weighted by Gasteiger charge is -2.34. The lowest BCUT2D eigenvalue weighted by molar-refractivity contribution is 0.0758. The molecule has 2 nitrogen and oxygen atoms in total. The monoisotopic (exact) mass is 319 g/mol. The molecule has 0 aromatic carbocycles. The van der Waals surface area contributed by atoms with Gasteiger partial charge in [-0.15, -0.1) is 11.3 Å². The highest BCUT2D eigenvalue weighted by Gasteiger charge is 2.27. The molecule has 0 bridgehead atoms. The number of hydrogen-bond donors (Lipinski definition) is 0. The summed E-state index contributed by atoms with van der Waals surface area (Å²) in [5.74, 6) is 0.176. The van der Waals surface area contributed by atoms with Gasteiger partial charge in [-0.2, -0.15) is 11.8 Å². The van der Waals surface area contributed by atoms with Crippen LogP contribution in [0.15, 0.2) is 15.9 Å². The van der Waals surface area contributed by atoms with Crippen LogP contribution in [0, 0.1) is 0 Å². The number of nitrogens with zero attached hydrogens (tertiary/aromatic N) is 1. The highest BCUT2D eigenvalue weighted by atomic mass is 79.9. The average Bonchev–Trinajstić information content (AvgIpc) is 2.62. The second-order valence-corrected chi connectivity index (χ2v) is 8.42. The van der Waals surface area contributed by atoms with E-state index in [-0.39, 0.29) is 5.91 Å². The first-order valence-electron chi connectivity index (χ1n) is 5.26. The molecule has 16 heavy (non-hydrogen) atoms. The summed E-state index contributed by atoms with van der Waals surface area (Å²) in [7, 11) is 0. The van der Waals surface area contributed by atoms with E-state index in [0.717, 1.165) is 21.8 Å². The zero-order chi connectivity index (χ0) is 11.7. The molecular weight excluding hydrogens is 306 g/mol. The van der Waals surface area contributed by atoms with Crippen molar-refractivity contribution in [3.05, 3.63) is 20.8 Å². The Morgan fingerprint density at radius 2 is 2.00 bits per heavy atom. The molecule has 1 aliphatic heterocycles. The number of halogens is 1. The zero-order valence-electron chi connectivity index (χ0n) is 9.27. The van der Waals surface area contributed by atoms with E-state index in [0.29, 0.717) is 10.5 Å². The Labute approximate surface area is 113 Å². The van der Waals surface area contributed by atoms with Crippen LogP contribution in [-0.2, 0) is 0 Å². The van der Waals surface area contributed by atoms with Gasteiger partial charge in [-0.25, -0.2) is 0 Å². The van der Waals surface area contributed by atoms with Gasteiger partial charge >= 0.3 is 0 Å². The van der Waals surface area contributed by atoms with Crippen LogP contribution in [0.3, 0.4) is 0 Å². The van der Waals surface area contributed by atoms with E-state index in [2.05, 4.69) is 29.8 Å². The van der Waals surface area contributed by atoms with Crippen molar-refractivity contribution < 1.29 is 4.79 Å². The van der Waals surface area contributed by atoms with E-state index in [1.807, 2.05) is 28.8 Å². The Bertz CT molecular complexity index is 383. The summed E-state index contributed by atoms with van der Waals surface area (Å²) < 4.78 is 1.02. The van der Waals surface area contributed by atoms with Crippen LogP contribution in [0.2, 0.25) is 0 Å². The van der Waals surface area contributed by atoms with E-state index in [1.165, 1.54) is 11.3 Å². The van der Waals surface area contributed by atoms with E-state index in [9.17, 15) is 4.79 Å². The predicted octanol–water partition coefficient (Wildman–Crippen LogP) is 3.48. The lowest BCUT2D eigenvalue weighted by Crippen LogP contribution is -2.43. The molecule has 0 aliphatic carbocycles. The molecule has 2 atom stereocenters. The third-order valence-electron chi connectivity index (χ3n) is 2.49. The smallest absolute Gasteiger partial charge is 0.264 e. The fourth-order valence-corrected chi connectivity index (χ4v) is 4.61. The third-order valence-corrected chi connectivity index (χ3v) is 5.33. The minimum absolute atomic E-state index is 0.176. The van der Waals surface area contributed by atoms with Crippen molar-refractivity contribution in [2.75, 3.05) is 13.1 Å². The Kier molecular flexibility index (Phi) is 3.97. The second kappa shape index (κ2) is 5.10. The molecule has 1 aliphatic rings. The second-order valence-electron chi connectivity index (χ2n) is 4.07. The fraction of sp³-hybridized carbons (Fsp3) is 0.545. The van der Waals surface area contributed by atoms with Gasteiger partial charge in [0, 0.05) is 23.6 Å².